The number of para-hydroxylation sites is 1. The number of carbonyl (C=O) groups excluding carboxylic acids is 1. The molecule has 0 aliphatic carbocycles. The van der Waals surface area contributed by atoms with Gasteiger partial charge < -0.3 is 14.4 Å². The largest absolute Gasteiger partial charge is 0.497 e. The monoisotopic (exact) mass is 450 g/mol. The van der Waals surface area contributed by atoms with Gasteiger partial charge in [-0.1, -0.05) is 18.2 Å². The Hall–Kier alpha value is -4.12. The Morgan fingerprint density at radius 2 is 1.56 bits per heavy atom. The van der Waals surface area contributed by atoms with Gasteiger partial charge >= 0.3 is 0 Å². The second kappa shape index (κ2) is 9.02. The number of nitrogens with zero attached hydrogens (tertiary/aromatic N) is 2. The van der Waals surface area contributed by atoms with Crippen LogP contribution in [0.25, 0.3) is 22.7 Å². The Morgan fingerprint density at radius 3 is 2.21 bits per heavy atom. The molecule has 34 heavy (non-hydrogen) atoms. The predicted octanol–water partition coefficient (Wildman–Crippen LogP) is 6.29. The lowest BCUT2D eigenvalue weighted by molar-refractivity contribution is -0.117. The zero-order chi connectivity index (χ0) is 23.7. The summed E-state index contributed by atoms with van der Waals surface area (Å²) >= 11 is 0. The fourth-order valence-corrected chi connectivity index (χ4v) is 4.56. The summed E-state index contributed by atoms with van der Waals surface area (Å²) in [5.41, 5.74) is 5.85. The minimum absolute atomic E-state index is 0.124. The minimum Gasteiger partial charge on any atom is -0.497 e. The van der Waals surface area contributed by atoms with Crippen molar-refractivity contribution in [2.45, 2.75) is 19.4 Å². The quantitative estimate of drug-likeness (QED) is 0.345. The highest BCUT2D eigenvalue weighted by Crippen LogP contribution is 2.44. The average Bonchev–Trinajstić information content (AvgIpc) is 2.87. The minimum atomic E-state index is -0.194. The third-order valence-corrected chi connectivity index (χ3v) is 6.21. The van der Waals surface area contributed by atoms with E-state index in [1.54, 1.807) is 21.1 Å². The zero-order valence-electron chi connectivity index (χ0n) is 19.5. The number of benzene rings is 3. The number of ketones is 1. The molecule has 4 aromatic rings. The maximum absolute atomic E-state index is 12.5. The molecular formula is C29H26N2O3. The molecule has 1 aromatic heterocycles. The van der Waals surface area contributed by atoms with Crippen LogP contribution in [-0.2, 0) is 4.79 Å². The highest BCUT2D eigenvalue weighted by atomic mass is 16.5. The first kappa shape index (κ1) is 21.7. The number of aromatic nitrogens is 1. The summed E-state index contributed by atoms with van der Waals surface area (Å²) < 4.78 is 10.7. The normalized spacial score (nSPS) is 15.0. The Labute approximate surface area is 199 Å². The van der Waals surface area contributed by atoms with E-state index in [4.69, 9.17) is 14.5 Å². The summed E-state index contributed by atoms with van der Waals surface area (Å²) in [5, 5.41) is 1.06. The molecule has 1 atom stereocenters. The third kappa shape index (κ3) is 4.01. The molecule has 0 bridgehead atoms. The van der Waals surface area contributed by atoms with Gasteiger partial charge in [-0.05, 0) is 79.2 Å². The number of pyridine rings is 1. The van der Waals surface area contributed by atoms with Crippen LogP contribution in [0.2, 0.25) is 0 Å². The van der Waals surface area contributed by atoms with E-state index in [2.05, 4.69) is 23.1 Å². The van der Waals surface area contributed by atoms with Crippen LogP contribution in [0.1, 0.15) is 36.2 Å². The molecule has 1 unspecified atom stereocenters. The standard InChI is InChI=1S/C29H26N2O3/c1-19(32)16-29-25-17-21-6-4-5-7-26(21)30-27(25)18-28(20-8-12-23(33-2)13-9-20)31(29)22-10-14-24(34-3)15-11-22/h4-15,17-18,29H,16H2,1-3H3. The van der Waals surface area contributed by atoms with E-state index in [1.807, 2.05) is 66.7 Å². The number of anilines is 1. The smallest absolute Gasteiger partial charge is 0.132 e. The Morgan fingerprint density at radius 1 is 0.912 bits per heavy atom. The van der Waals surface area contributed by atoms with Gasteiger partial charge in [0.05, 0.1) is 37.2 Å². The van der Waals surface area contributed by atoms with Crippen LogP contribution < -0.4 is 14.4 Å². The first-order valence-corrected chi connectivity index (χ1v) is 11.3. The van der Waals surface area contributed by atoms with Crippen LogP contribution in [0, 0.1) is 0 Å². The SMILES string of the molecule is COc1ccc(C2=Cc3nc4ccccc4cc3C(CC(C)=O)N2c2ccc(OC)cc2)cc1. The number of ether oxygens (including phenoxy) is 2. The van der Waals surface area contributed by atoms with E-state index in [0.29, 0.717) is 6.42 Å². The Kier molecular flexibility index (Phi) is 5.76. The van der Waals surface area contributed by atoms with Crippen molar-refractivity contribution < 1.29 is 14.3 Å². The van der Waals surface area contributed by atoms with Crippen molar-refractivity contribution in [1.82, 2.24) is 4.98 Å². The van der Waals surface area contributed by atoms with Gasteiger partial charge in [-0.3, -0.25) is 4.79 Å². The number of hydrogen-bond donors (Lipinski definition) is 0. The van der Waals surface area contributed by atoms with Gasteiger partial charge in [-0.2, -0.15) is 0 Å². The lowest BCUT2D eigenvalue weighted by Gasteiger charge is -2.39. The molecular weight excluding hydrogens is 424 g/mol. The molecule has 0 radical (unpaired) electrons. The van der Waals surface area contributed by atoms with Crippen molar-refractivity contribution >= 4 is 34.1 Å². The topological polar surface area (TPSA) is 51.7 Å². The van der Waals surface area contributed by atoms with Gasteiger partial charge in [0.2, 0.25) is 0 Å². The van der Waals surface area contributed by atoms with Gasteiger partial charge in [-0.15, -0.1) is 0 Å². The fourth-order valence-electron chi connectivity index (χ4n) is 4.56. The lowest BCUT2D eigenvalue weighted by Crippen LogP contribution is -2.32. The highest BCUT2D eigenvalue weighted by molar-refractivity contribution is 5.96. The van der Waals surface area contributed by atoms with E-state index in [9.17, 15) is 4.79 Å². The molecule has 5 heteroatoms. The van der Waals surface area contributed by atoms with E-state index < -0.39 is 0 Å². The number of carbonyl (C=O) groups is 1. The van der Waals surface area contributed by atoms with E-state index in [-0.39, 0.29) is 11.8 Å². The molecule has 5 rings (SSSR count). The van der Waals surface area contributed by atoms with Gasteiger partial charge in [0.15, 0.2) is 0 Å². The summed E-state index contributed by atoms with van der Waals surface area (Å²) in [6.45, 7) is 1.64. The molecule has 0 N–H and O–H groups in total. The van der Waals surface area contributed by atoms with Crippen molar-refractivity contribution in [2.24, 2.45) is 0 Å². The molecule has 5 nitrogen and oxygen atoms in total. The van der Waals surface area contributed by atoms with Crippen molar-refractivity contribution in [3.05, 3.63) is 95.7 Å². The second-order valence-electron chi connectivity index (χ2n) is 8.40. The third-order valence-electron chi connectivity index (χ3n) is 6.21. The van der Waals surface area contributed by atoms with Crippen LogP contribution in [-0.4, -0.2) is 25.0 Å². The first-order chi connectivity index (χ1) is 16.6. The summed E-state index contributed by atoms with van der Waals surface area (Å²) in [5.74, 6) is 1.70. The van der Waals surface area contributed by atoms with E-state index in [0.717, 1.165) is 50.6 Å². The second-order valence-corrected chi connectivity index (χ2v) is 8.40. The number of Topliss-reactive ketones (excluding diaryl/α,β-unsaturated/α-hetero) is 1. The molecule has 2 heterocycles. The molecule has 170 valence electrons. The number of hydrogen-bond acceptors (Lipinski definition) is 5. The van der Waals surface area contributed by atoms with Crippen LogP contribution in [0.3, 0.4) is 0 Å². The van der Waals surface area contributed by atoms with Crippen molar-refractivity contribution in [2.75, 3.05) is 19.1 Å². The highest BCUT2D eigenvalue weighted by Gasteiger charge is 2.32. The van der Waals surface area contributed by atoms with Gasteiger partial charge in [-0.25, -0.2) is 4.98 Å². The Bertz CT molecular complexity index is 1380. The summed E-state index contributed by atoms with van der Waals surface area (Å²) in [7, 11) is 3.32. The fraction of sp³-hybridized carbons (Fsp3) is 0.172. The Balaban J connectivity index is 1.75. The average molecular weight is 451 g/mol. The summed E-state index contributed by atoms with van der Waals surface area (Å²) in [6.07, 6.45) is 2.48. The van der Waals surface area contributed by atoms with Crippen molar-refractivity contribution in [3.8, 4) is 11.5 Å². The molecule has 0 fully saturated rings. The summed E-state index contributed by atoms with van der Waals surface area (Å²) in [6, 6.07) is 26.0. The molecule has 0 spiro atoms. The molecule has 0 saturated heterocycles. The van der Waals surface area contributed by atoms with Crippen molar-refractivity contribution in [1.29, 1.82) is 0 Å². The molecule has 1 aliphatic heterocycles. The first-order valence-electron chi connectivity index (χ1n) is 11.3. The van der Waals surface area contributed by atoms with Gasteiger partial charge in [0, 0.05) is 23.1 Å². The molecule has 0 amide bonds. The molecule has 0 saturated carbocycles. The maximum Gasteiger partial charge on any atom is 0.132 e. The van der Waals surface area contributed by atoms with Gasteiger partial charge in [0.1, 0.15) is 17.3 Å². The van der Waals surface area contributed by atoms with E-state index >= 15 is 0 Å². The number of methoxy groups -OCH3 is 2. The van der Waals surface area contributed by atoms with Gasteiger partial charge in [0.25, 0.3) is 0 Å². The number of fused-ring (bicyclic) bond motifs is 2. The number of rotatable bonds is 6. The van der Waals surface area contributed by atoms with Crippen LogP contribution in [0.5, 0.6) is 11.5 Å². The zero-order valence-corrected chi connectivity index (χ0v) is 19.5. The predicted molar refractivity (Wildman–Crippen MR) is 136 cm³/mol. The molecule has 1 aliphatic rings. The van der Waals surface area contributed by atoms with E-state index in [1.165, 1.54) is 0 Å². The van der Waals surface area contributed by atoms with Crippen molar-refractivity contribution in [3.63, 3.8) is 0 Å². The van der Waals surface area contributed by atoms with Crippen LogP contribution >= 0.6 is 0 Å². The van der Waals surface area contributed by atoms with Crippen LogP contribution in [0.4, 0.5) is 5.69 Å². The summed E-state index contributed by atoms with van der Waals surface area (Å²) in [4.78, 5) is 19.7. The lowest BCUT2D eigenvalue weighted by atomic mass is 9.90. The molecule has 3 aromatic carbocycles. The maximum atomic E-state index is 12.5. The van der Waals surface area contributed by atoms with Crippen LogP contribution in [0.15, 0.2) is 78.9 Å².